The van der Waals surface area contributed by atoms with E-state index in [1.165, 1.54) is 16.9 Å². The van der Waals surface area contributed by atoms with E-state index in [2.05, 4.69) is 21.0 Å². The van der Waals surface area contributed by atoms with Crippen LogP contribution in [0.4, 0.5) is 5.69 Å². The van der Waals surface area contributed by atoms with Crippen molar-refractivity contribution in [2.24, 2.45) is 0 Å². The molecule has 2 rings (SSSR count). The summed E-state index contributed by atoms with van der Waals surface area (Å²) in [6.07, 6.45) is 1.45. The molecule has 2 aromatic rings. The molecule has 1 heterocycles. The predicted octanol–water partition coefficient (Wildman–Crippen LogP) is 1.89. The summed E-state index contributed by atoms with van der Waals surface area (Å²) >= 11 is 3.41. The van der Waals surface area contributed by atoms with Gasteiger partial charge in [0.05, 0.1) is 17.6 Å². The third-order valence-electron chi connectivity index (χ3n) is 2.15. The van der Waals surface area contributed by atoms with Crippen molar-refractivity contribution in [2.75, 3.05) is 5.73 Å². The minimum absolute atomic E-state index is 0.246. The van der Waals surface area contributed by atoms with Crippen molar-refractivity contribution in [3.8, 4) is 5.69 Å². The van der Waals surface area contributed by atoms with Crippen LogP contribution in [0.5, 0.6) is 0 Å². The van der Waals surface area contributed by atoms with E-state index < -0.39 is 0 Å². The maximum Gasteiger partial charge on any atom is 0.273 e. The summed E-state index contributed by atoms with van der Waals surface area (Å²) in [5.74, 6) is 0. The Hall–Kier alpha value is -1.62. The van der Waals surface area contributed by atoms with Gasteiger partial charge in [0.2, 0.25) is 0 Å². The van der Waals surface area contributed by atoms with Gasteiger partial charge in [-0.1, -0.05) is 6.07 Å². The molecule has 0 bridgehead atoms. The topological polar surface area (TPSA) is 60.9 Å². The summed E-state index contributed by atoms with van der Waals surface area (Å²) in [6, 6.07) is 7.04. The second-order valence-corrected chi connectivity index (χ2v) is 4.35. The zero-order valence-electron chi connectivity index (χ0n) is 8.64. The van der Waals surface area contributed by atoms with E-state index in [0.29, 0.717) is 11.4 Å². The fourth-order valence-electron chi connectivity index (χ4n) is 1.39. The highest BCUT2D eigenvalue weighted by atomic mass is 79.9. The largest absolute Gasteiger partial charge is 0.397 e. The van der Waals surface area contributed by atoms with Crippen LogP contribution < -0.4 is 11.3 Å². The van der Waals surface area contributed by atoms with Crippen LogP contribution in [0, 0.1) is 6.92 Å². The number of aryl methyl sites for hydroxylation is 1. The molecule has 82 valence electrons. The molecule has 2 N–H and O–H groups in total. The summed E-state index contributed by atoms with van der Waals surface area (Å²) in [7, 11) is 0. The number of benzene rings is 1. The molecule has 0 amide bonds. The van der Waals surface area contributed by atoms with Gasteiger partial charge < -0.3 is 5.73 Å². The maximum atomic E-state index is 11.7. The minimum Gasteiger partial charge on any atom is -0.397 e. The monoisotopic (exact) mass is 279 g/mol. The normalized spacial score (nSPS) is 10.4. The minimum atomic E-state index is -0.246. The molecular formula is C11H10BrN3O. The van der Waals surface area contributed by atoms with Crippen LogP contribution >= 0.6 is 15.9 Å². The highest BCUT2D eigenvalue weighted by Gasteiger charge is 2.05. The lowest BCUT2D eigenvalue weighted by Crippen LogP contribution is -2.20. The third-order valence-corrected chi connectivity index (χ3v) is 2.79. The van der Waals surface area contributed by atoms with Gasteiger partial charge in [-0.25, -0.2) is 0 Å². The molecule has 0 fully saturated rings. The van der Waals surface area contributed by atoms with E-state index in [9.17, 15) is 4.79 Å². The van der Waals surface area contributed by atoms with E-state index in [1.54, 1.807) is 0 Å². The molecule has 0 aliphatic heterocycles. The van der Waals surface area contributed by atoms with Gasteiger partial charge in [-0.05, 0) is 40.5 Å². The fourth-order valence-corrected chi connectivity index (χ4v) is 2.05. The van der Waals surface area contributed by atoms with Gasteiger partial charge in [-0.2, -0.15) is 9.78 Å². The lowest BCUT2D eigenvalue weighted by molar-refractivity contribution is 0.805. The number of anilines is 1. The van der Waals surface area contributed by atoms with Gasteiger partial charge in [-0.15, -0.1) is 0 Å². The highest BCUT2D eigenvalue weighted by molar-refractivity contribution is 9.10. The Morgan fingerprint density at radius 2 is 2.12 bits per heavy atom. The van der Waals surface area contributed by atoms with Crippen LogP contribution in [0.1, 0.15) is 5.56 Å². The number of nitrogens with zero attached hydrogens (tertiary/aromatic N) is 2. The predicted molar refractivity (Wildman–Crippen MR) is 66.7 cm³/mol. The molecule has 5 heteroatoms. The highest BCUT2D eigenvalue weighted by Crippen LogP contribution is 2.20. The Kier molecular flexibility index (Phi) is 2.78. The molecule has 0 saturated heterocycles. The molecule has 0 spiro atoms. The molecule has 0 aliphatic rings. The third kappa shape index (κ3) is 1.99. The molecule has 0 saturated carbocycles. The SMILES string of the molecule is Cc1ccc(-n2ncc(N)cc2=O)c(Br)c1. The quantitative estimate of drug-likeness (QED) is 0.867. The van der Waals surface area contributed by atoms with Crippen molar-refractivity contribution < 1.29 is 0 Å². The summed E-state index contributed by atoms with van der Waals surface area (Å²) in [6.45, 7) is 1.98. The first-order valence-electron chi connectivity index (χ1n) is 4.69. The summed E-state index contributed by atoms with van der Waals surface area (Å²) < 4.78 is 2.13. The van der Waals surface area contributed by atoms with Crippen LogP contribution in [0.25, 0.3) is 5.69 Å². The van der Waals surface area contributed by atoms with E-state index in [-0.39, 0.29) is 5.56 Å². The molecule has 0 aliphatic carbocycles. The number of aromatic nitrogens is 2. The molecule has 1 aromatic carbocycles. The first-order valence-corrected chi connectivity index (χ1v) is 5.48. The Bertz CT molecular complexity index is 592. The molecule has 1 aromatic heterocycles. The van der Waals surface area contributed by atoms with Gasteiger partial charge in [0.15, 0.2) is 0 Å². The van der Waals surface area contributed by atoms with Crippen molar-refractivity contribution in [3.05, 3.63) is 50.9 Å². The van der Waals surface area contributed by atoms with Crippen molar-refractivity contribution >= 4 is 21.6 Å². The van der Waals surface area contributed by atoms with E-state index in [0.717, 1.165) is 10.0 Å². The first kappa shape index (κ1) is 10.9. The molecule has 0 atom stereocenters. The number of nitrogen functional groups attached to an aromatic ring is 1. The summed E-state index contributed by atoms with van der Waals surface area (Å²) in [5.41, 5.74) is 7.41. The average molecular weight is 280 g/mol. The van der Waals surface area contributed by atoms with Gasteiger partial charge in [0, 0.05) is 10.5 Å². The fraction of sp³-hybridized carbons (Fsp3) is 0.0909. The Morgan fingerprint density at radius 1 is 1.38 bits per heavy atom. The zero-order chi connectivity index (χ0) is 11.7. The number of hydrogen-bond donors (Lipinski definition) is 1. The molecular weight excluding hydrogens is 270 g/mol. The molecule has 0 radical (unpaired) electrons. The van der Waals surface area contributed by atoms with Gasteiger partial charge in [-0.3, -0.25) is 4.79 Å². The summed E-state index contributed by atoms with van der Waals surface area (Å²) in [4.78, 5) is 11.7. The number of nitrogens with two attached hydrogens (primary N) is 1. The first-order chi connectivity index (χ1) is 7.58. The van der Waals surface area contributed by atoms with Gasteiger partial charge in [0.25, 0.3) is 5.56 Å². The van der Waals surface area contributed by atoms with Crippen molar-refractivity contribution in [1.29, 1.82) is 0 Å². The van der Waals surface area contributed by atoms with Gasteiger partial charge in [0.1, 0.15) is 0 Å². The van der Waals surface area contributed by atoms with Crippen LogP contribution in [-0.4, -0.2) is 9.78 Å². The van der Waals surface area contributed by atoms with Crippen LogP contribution in [0.15, 0.2) is 39.7 Å². The maximum absolute atomic E-state index is 11.7. The molecule has 4 nitrogen and oxygen atoms in total. The number of hydrogen-bond acceptors (Lipinski definition) is 3. The number of rotatable bonds is 1. The Balaban J connectivity index is 2.63. The van der Waals surface area contributed by atoms with Crippen molar-refractivity contribution in [2.45, 2.75) is 6.92 Å². The van der Waals surface area contributed by atoms with Crippen LogP contribution in [0.3, 0.4) is 0 Å². The zero-order valence-corrected chi connectivity index (χ0v) is 10.2. The van der Waals surface area contributed by atoms with Crippen LogP contribution in [0.2, 0.25) is 0 Å². The lowest BCUT2D eigenvalue weighted by atomic mass is 10.2. The van der Waals surface area contributed by atoms with Crippen molar-refractivity contribution in [1.82, 2.24) is 9.78 Å². The molecule has 0 unspecified atom stereocenters. The molecule has 16 heavy (non-hydrogen) atoms. The standard InChI is InChI=1S/C11H10BrN3O/c1-7-2-3-10(9(12)4-7)15-11(16)5-8(13)6-14-15/h2-6H,13H2,1H3. The Morgan fingerprint density at radius 3 is 2.75 bits per heavy atom. The second kappa shape index (κ2) is 4.09. The smallest absolute Gasteiger partial charge is 0.273 e. The number of halogens is 1. The van der Waals surface area contributed by atoms with E-state index in [4.69, 9.17) is 5.73 Å². The van der Waals surface area contributed by atoms with E-state index in [1.807, 2.05) is 25.1 Å². The Labute approximate surface area is 101 Å². The van der Waals surface area contributed by atoms with Crippen molar-refractivity contribution in [3.63, 3.8) is 0 Å². The van der Waals surface area contributed by atoms with Crippen LogP contribution in [-0.2, 0) is 0 Å². The van der Waals surface area contributed by atoms with Gasteiger partial charge >= 0.3 is 0 Å². The van der Waals surface area contributed by atoms with E-state index >= 15 is 0 Å². The second-order valence-electron chi connectivity index (χ2n) is 3.49. The average Bonchev–Trinajstić information content (AvgIpc) is 2.19. The summed E-state index contributed by atoms with van der Waals surface area (Å²) in [5, 5.41) is 3.99. The lowest BCUT2D eigenvalue weighted by Gasteiger charge is -2.07.